The second-order valence-electron chi connectivity index (χ2n) is 6.80. The van der Waals surface area contributed by atoms with Crippen molar-refractivity contribution in [2.24, 2.45) is 0 Å². The van der Waals surface area contributed by atoms with Crippen molar-refractivity contribution >= 4 is 5.91 Å². The number of amides is 1. The first-order valence-corrected chi connectivity index (χ1v) is 8.24. The Labute approximate surface area is 133 Å². The molecule has 0 radical (unpaired) electrons. The van der Waals surface area contributed by atoms with E-state index in [4.69, 9.17) is 4.74 Å². The van der Waals surface area contributed by atoms with Gasteiger partial charge in [0.2, 0.25) is 0 Å². The van der Waals surface area contributed by atoms with Crippen molar-refractivity contribution < 1.29 is 9.53 Å². The van der Waals surface area contributed by atoms with Gasteiger partial charge >= 0.3 is 0 Å². The minimum absolute atomic E-state index is 0.0132. The van der Waals surface area contributed by atoms with Crippen molar-refractivity contribution in [3.63, 3.8) is 0 Å². The van der Waals surface area contributed by atoms with Gasteiger partial charge in [0, 0.05) is 31.3 Å². The molecular weight excluding hydrogens is 276 g/mol. The Hall–Kier alpha value is -1.39. The van der Waals surface area contributed by atoms with Crippen LogP contribution in [0.1, 0.15) is 36.0 Å². The van der Waals surface area contributed by atoms with E-state index in [1.165, 1.54) is 0 Å². The quantitative estimate of drug-likeness (QED) is 0.841. The summed E-state index contributed by atoms with van der Waals surface area (Å²) in [5.74, 6) is 0.149. The number of likely N-dealkylation sites (tertiary alicyclic amines) is 1. The van der Waals surface area contributed by atoms with E-state index in [2.05, 4.69) is 19.0 Å². The molecule has 120 valence electrons. The average Bonchev–Trinajstić information content (AvgIpc) is 2.56. The summed E-state index contributed by atoms with van der Waals surface area (Å²) in [4.78, 5) is 16.8. The Morgan fingerprint density at radius 2 is 1.91 bits per heavy atom. The first-order chi connectivity index (χ1) is 10.6. The molecule has 1 amide bonds. The Balaban J connectivity index is 1.61. The number of rotatable bonds is 2. The summed E-state index contributed by atoms with van der Waals surface area (Å²) in [5, 5.41) is 0. The number of nitrogens with zero attached hydrogens (tertiary/aromatic N) is 2. The van der Waals surface area contributed by atoms with Crippen molar-refractivity contribution in [1.29, 1.82) is 0 Å². The van der Waals surface area contributed by atoms with Crippen LogP contribution in [0.15, 0.2) is 30.3 Å². The van der Waals surface area contributed by atoms with E-state index in [-0.39, 0.29) is 11.5 Å². The molecule has 1 spiro atoms. The highest BCUT2D eigenvalue weighted by Gasteiger charge is 2.41. The van der Waals surface area contributed by atoms with Crippen molar-refractivity contribution in [3.05, 3.63) is 35.9 Å². The van der Waals surface area contributed by atoms with Crippen molar-refractivity contribution in [2.45, 2.75) is 37.3 Å². The number of ether oxygens (including phenoxy) is 1. The molecule has 0 aliphatic carbocycles. The lowest BCUT2D eigenvalue weighted by Gasteiger charge is -2.47. The van der Waals surface area contributed by atoms with Crippen molar-refractivity contribution in [2.75, 3.05) is 33.8 Å². The third-order valence-electron chi connectivity index (χ3n) is 5.18. The summed E-state index contributed by atoms with van der Waals surface area (Å²) >= 11 is 0. The van der Waals surface area contributed by atoms with Gasteiger partial charge in [0.15, 0.2) is 0 Å². The van der Waals surface area contributed by atoms with Crippen LogP contribution in [-0.4, -0.2) is 61.1 Å². The van der Waals surface area contributed by atoms with Crippen LogP contribution in [0.2, 0.25) is 0 Å². The molecule has 22 heavy (non-hydrogen) atoms. The topological polar surface area (TPSA) is 32.8 Å². The third-order valence-corrected chi connectivity index (χ3v) is 5.18. The molecule has 0 N–H and O–H groups in total. The van der Waals surface area contributed by atoms with Crippen LogP contribution in [0.25, 0.3) is 0 Å². The summed E-state index contributed by atoms with van der Waals surface area (Å²) in [5.41, 5.74) is 0.773. The lowest BCUT2D eigenvalue weighted by Crippen LogP contribution is -2.53. The lowest BCUT2D eigenvalue weighted by molar-refractivity contribution is -0.125. The molecule has 2 aliphatic rings. The summed E-state index contributed by atoms with van der Waals surface area (Å²) < 4.78 is 6.16. The van der Waals surface area contributed by atoms with E-state index in [0.717, 1.165) is 50.9 Å². The largest absolute Gasteiger partial charge is 0.375 e. The Morgan fingerprint density at radius 1 is 1.23 bits per heavy atom. The van der Waals surface area contributed by atoms with Gasteiger partial charge in [-0.2, -0.15) is 0 Å². The summed E-state index contributed by atoms with van der Waals surface area (Å²) in [7, 11) is 4.30. The highest BCUT2D eigenvalue weighted by molar-refractivity contribution is 5.94. The van der Waals surface area contributed by atoms with Gasteiger partial charge in [-0.3, -0.25) is 4.79 Å². The zero-order valence-electron chi connectivity index (χ0n) is 13.6. The zero-order valence-corrected chi connectivity index (χ0v) is 13.6. The molecule has 2 aliphatic heterocycles. The van der Waals surface area contributed by atoms with E-state index >= 15 is 0 Å². The van der Waals surface area contributed by atoms with Crippen LogP contribution in [0, 0.1) is 0 Å². The Bertz CT molecular complexity index is 507. The smallest absolute Gasteiger partial charge is 0.253 e. The molecule has 3 rings (SSSR count). The number of carbonyl (C=O) groups is 1. The number of hydrogen-bond acceptors (Lipinski definition) is 3. The van der Waals surface area contributed by atoms with Gasteiger partial charge in [-0.25, -0.2) is 0 Å². The van der Waals surface area contributed by atoms with Crippen LogP contribution in [0.4, 0.5) is 0 Å². The van der Waals surface area contributed by atoms with Gasteiger partial charge in [0.1, 0.15) is 0 Å². The van der Waals surface area contributed by atoms with Gasteiger partial charge in [-0.1, -0.05) is 18.2 Å². The number of benzene rings is 1. The van der Waals surface area contributed by atoms with Crippen molar-refractivity contribution in [3.8, 4) is 0 Å². The minimum atomic E-state index is -0.0132. The molecule has 0 bridgehead atoms. The molecule has 4 nitrogen and oxygen atoms in total. The van der Waals surface area contributed by atoms with Crippen LogP contribution in [0.3, 0.4) is 0 Å². The van der Waals surface area contributed by atoms with Crippen LogP contribution in [-0.2, 0) is 4.74 Å². The minimum Gasteiger partial charge on any atom is -0.375 e. The van der Waals surface area contributed by atoms with E-state index in [1.54, 1.807) is 0 Å². The molecule has 0 aromatic heterocycles. The zero-order chi connectivity index (χ0) is 15.6. The number of piperidine rings is 1. The van der Waals surface area contributed by atoms with Crippen molar-refractivity contribution in [1.82, 2.24) is 9.80 Å². The molecule has 1 atom stereocenters. The predicted octanol–water partition coefficient (Wildman–Crippen LogP) is 2.40. The van der Waals surface area contributed by atoms with Gasteiger partial charge in [0.25, 0.3) is 5.91 Å². The van der Waals surface area contributed by atoms with Gasteiger partial charge in [0.05, 0.1) is 5.60 Å². The maximum absolute atomic E-state index is 12.5. The molecule has 2 saturated heterocycles. The second kappa shape index (κ2) is 6.39. The van der Waals surface area contributed by atoms with Crippen LogP contribution < -0.4 is 0 Å². The highest BCUT2D eigenvalue weighted by Crippen LogP contribution is 2.36. The average molecular weight is 302 g/mol. The molecule has 2 heterocycles. The second-order valence-corrected chi connectivity index (χ2v) is 6.80. The normalized spacial score (nSPS) is 24.7. The molecule has 0 saturated carbocycles. The molecule has 1 aromatic carbocycles. The summed E-state index contributed by atoms with van der Waals surface area (Å²) in [6.07, 6.45) is 4.11. The van der Waals surface area contributed by atoms with Gasteiger partial charge < -0.3 is 14.5 Å². The number of carbonyl (C=O) groups excluding carboxylic acids is 1. The fraction of sp³-hybridized carbons (Fsp3) is 0.611. The molecule has 1 aromatic rings. The molecular formula is C18H26N2O2. The monoisotopic (exact) mass is 302 g/mol. The number of hydrogen-bond donors (Lipinski definition) is 0. The van der Waals surface area contributed by atoms with Gasteiger partial charge in [-0.05, 0) is 51.9 Å². The van der Waals surface area contributed by atoms with Crippen LogP contribution >= 0.6 is 0 Å². The molecule has 0 unspecified atom stereocenters. The Morgan fingerprint density at radius 3 is 2.55 bits per heavy atom. The maximum atomic E-state index is 12.5. The summed E-state index contributed by atoms with van der Waals surface area (Å²) in [6.45, 7) is 2.44. The Kier molecular flexibility index (Phi) is 4.50. The van der Waals surface area contributed by atoms with Crippen LogP contribution in [0.5, 0.6) is 0 Å². The highest BCUT2D eigenvalue weighted by atomic mass is 16.5. The molecule has 2 fully saturated rings. The third kappa shape index (κ3) is 3.18. The first-order valence-electron chi connectivity index (χ1n) is 8.24. The van der Waals surface area contributed by atoms with E-state index < -0.39 is 0 Å². The molecule has 4 heteroatoms. The SMILES string of the molecule is CN(C)[C@@H]1CCOC2(CCN(C(=O)c3ccccc3)CC2)C1. The lowest BCUT2D eigenvalue weighted by atomic mass is 9.82. The van der Waals surface area contributed by atoms with E-state index in [1.807, 2.05) is 35.2 Å². The maximum Gasteiger partial charge on any atom is 0.253 e. The fourth-order valence-electron chi connectivity index (χ4n) is 3.67. The van der Waals surface area contributed by atoms with E-state index in [9.17, 15) is 4.79 Å². The summed E-state index contributed by atoms with van der Waals surface area (Å²) in [6, 6.07) is 10.2. The fourth-order valence-corrected chi connectivity index (χ4v) is 3.67. The van der Waals surface area contributed by atoms with E-state index in [0.29, 0.717) is 6.04 Å². The van der Waals surface area contributed by atoms with Gasteiger partial charge in [-0.15, -0.1) is 0 Å². The first kappa shape index (κ1) is 15.5. The standard InChI is InChI=1S/C18H26N2O2/c1-19(2)16-8-13-22-18(14-16)9-11-20(12-10-18)17(21)15-6-4-3-5-7-15/h3-7,16H,8-14H2,1-2H3/t16-/m1/s1. The predicted molar refractivity (Wildman–Crippen MR) is 87.0 cm³/mol.